The topological polar surface area (TPSA) is 157 Å². The maximum absolute atomic E-state index is 13.8. The van der Waals surface area contributed by atoms with Gasteiger partial charge in [0.1, 0.15) is 12.4 Å². The molecule has 5 rings (SSSR count). The number of nitrogens with zero attached hydrogens (tertiary/aromatic N) is 5. The number of esters is 1. The van der Waals surface area contributed by atoms with Crippen molar-refractivity contribution in [2.24, 2.45) is 0 Å². The third kappa shape index (κ3) is 5.74. The van der Waals surface area contributed by atoms with E-state index >= 15 is 0 Å². The molecule has 12 nitrogen and oxygen atoms in total. The molecular weight excluding hydrogens is 564 g/mol. The van der Waals surface area contributed by atoms with Crippen LogP contribution in [0.25, 0.3) is 11.8 Å². The van der Waals surface area contributed by atoms with Crippen LogP contribution in [-0.4, -0.2) is 67.6 Å². The number of hydrogen-bond donors (Lipinski definition) is 2. The number of aromatic carboxylic acids is 1. The minimum absolute atomic E-state index is 0.0491. The number of nitrogens with one attached hydrogen (secondary N) is 1. The van der Waals surface area contributed by atoms with Gasteiger partial charge in [-0.1, -0.05) is 23.7 Å². The molecule has 0 aliphatic carbocycles. The molecular formula is C29H23ClN6O6. The van der Waals surface area contributed by atoms with Crippen molar-refractivity contribution in [3.8, 4) is 5.69 Å². The molecule has 0 saturated carbocycles. The zero-order valence-corrected chi connectivity index (χ0v) is 22.9. The number of carbonyl (C=O) groups excluding carboxylic acids is 3. The largest absolute Gasteiger partial charge is 0.478 e. The fourth-order valence-corrected chi connectivity index (χ4v) is 4.96. The maximum Gasteiger partial charge on any atom is 0.338 e. The van der Waals surface area contributed by atoms with Crippen molar-refractivity contribution in [2.45, 2.75) is 12.5 Å². The Hall–Kier alpha value is -5.36. The van der Waals surface area contributed by atoms with Gasteiger partial charge < -0.3 is 20.1 Å². The summed E-state index contributed by atoms with van der Waals surface area (Å²) in [4.78, 5) is 52.8. The van der Waals surface area contributed by atoms with Crippen LogP contribution in [0, 0.1) is 0 Å². The SMILES string of the molecule is COC(=O)c1cccc2c1C(C(=O)Nc1ccc(C(=O)O)cc1)N(C(=O)/C=C/c1cc(Cl)ccc1-n1cnnn1)CC2. The quantitative estimate of drug-likeness (QED) is 0.244. The molecule has 0 saturated heterocycles. The molecule has 1 atom stereocenters. The number of benzene rings is 3. The Labute approximate surface area is 244 Å². The Bertz CT molecular complexity index is 1700. The number of carbonyl (C=O) groups is 4. The first-order valence-corrected chi connectivity index (χ1v) is 13.0. The zero-order chi connectivity index (χ0) is 29.8. The number of carboxylic acids is 1. The van der Waals surface area contributed by atoms with E-state index in [2.05, 4.69) is 20.8 Å². The molecule has 0 radical (unpaired) electrons. The number of amides is 2. The molecule has 212 valence electrons. The van der Waals surface area contributed by atoms with Crippen molar-refractivity contribution < 1.29 is 29.0 Å². The highest BCUT2D eigenvalue weighted by Crippen LogP contribution is 2.34. The number of fused-ring (bicyclic) bond motifs is 1. The third-order valence-electron chi connectivity index (χ3n) is 6.73. The van der Waals surface area contributed by atoms with Gasteiger partial charge in [-0.2, -0.15) is 4.68 Å². The Morgan fingerprint density at radius 2 is 1.88 bits per heavy atom. The molecule has 1 aliphatic rings. The molecule has 1 unspecified atom stereocenters. The van der Waals surface area contributed by atoms with Crippen LogP contribution in [0.3, 0.4) is 0 Å². The minimum Gasteiger partial charge on any atom is -0.478 e. The second-order valence-corrected chi connectivity index (χ2v) is 9.65. The lowest BCUT2D eigenvalue weighted by Gasteiger charge is -2.36. The molecule has 1 aromatic heterocycles. The number of hydrogen-bond acceptors (Lipinski definition) is 8. The second-order valence-electron chi connectivity index (χ2n) is 9.22. The van der Waals surface area contributed by atoms with Gasteiger partial charge in [0.15, 0.2) is 0 Å². The average molecular weight is 587 g/mol. The van der Waals surface area contributed by atoms with Gasteiger partial charge in [0, 0.05) is 34.5 Å². The van der Waals surface area contributed by atoms with Crippen LogP contribution in [0.15, 0.2) is 73.1 Å². The Morgan fingerprint density at radius 3 is 2.57 bits per heavy atom. The second kappa shape index (κ2) is 12.0. The van der Waals surface area contributed by atoms with E-state index in [4.69, 9.17) is 16.3 Å². The van der Waals surface area contributed by atoms with Crippen LogP contribution in [0.4, 0.5) is 5.69 Å². The van der Waals surface area contributed by atoms with Crippen molar-refractivity contribution >= 4 is 47.1 Å². The lowest BCUT2D eigenvalue weighted by atomic mass is 9.87. The van der Waals surface area contributed by atoms with E-state index < -0.39 is 29.8 Å². The van der Waals surface area contributed by atoms with Crippen LogP contribution in [-0.2, 0) is 20.7 Å². The summed E-state index contributed by atoms with van der Waals surface area (Å²) in [5, 5.41) is 23.6. The smallest absolute Gasteiger partial charge is 0.338 e. The molecule has 0 fully saturated rings. The van der Waals surface area contributed by atoms with Crippen molar-refractivity contribution in [1.29, 1.82) is 0 Å². The van der Waals surface area contributed by atoms with Crippen molar-refractivity contribution in [3.05, 3.63) is 106 Å². The molecule has 0 bridgehead atoms. The highest BCUT2D eigenvalue weighted by Gasteiger charge is 2.38. The van der Waals surface area contributed by atoms with Crippen molar-refractivity contribution in [1.82, 2.24) is 25.1 Å². The van der Waals surface area contributed by atoms with Gasteiger partial charge in [-0.15, -0.1) is 5.10 Å². The van der Waals surface area contributed by atoms with E-state index in [0.717, 1.165) is 5.56 Å². The summed E-state index contributed by atoms with van der Waals surface area (Å²) in [7, 11) is 1.24. The Kier molecular flexibility index (Phi) is 8.07. The zero-order valence-electron chi connectivity index (χ0n) is 22.1. The number of rotatable bonds is 7. The first-order chi connectivity index (χ1) is 20.3. The molecule has 2 N–H and O–H groups in total. The van der Waals surface area contributed by atoms with Crippen LogP contribution >= 0.6 is 11.6 Å². The van der Waals surface area contributed by atoms with Gasteiger partial charge in [-0.3, -0.25) is 9.59 Å². The summed E-state index contributed by atoms with van der Waals surface area (Å²) in [6.45, 7) is 0.187. The van der Waals surface area contributed by atoms with Gasteiger partial charge in [0.25, 0.3) is 5.91 Å². The normalized spacial score (nSPS) is 14.3. The highest BCUT2D eigenvalue weighted by atomic mass is 35.5. The summed E-state index contributed by atoms with van der Waals surface area (Å²) in [6, 6.07) is 14.5. The van der Waals surface area contributed by atoms with E-state index in [0.29, 0.717) is 33.9 Å². The Balaban J connectivity index is 1.52. The van der Waals surface area contributed by atoms with Gasteiger partial charge in [-0.05, 0) is 77.0 Å². The fraction of sp³-hybridized carbons (Fsp3) is 0.138. The summed E-state index contributed by atoms with van der Waals surface area (Å²) in [6.07, 6.45) is 4.66. The van der Waals surface area contributed by atoms with Gasteiger partial charge >= 0.3 is 11.9 Å². The highest BCUT2D eigenvalue weighted by molar-refractivity contribution is 6.30. The van der Waals surface area contributed by atoms with E-state index in [-0.39, 0.29) is 17.7 Å². The molecule has 1 aliphatic heterocycles. The number of anilines is 1. The molecule has 13 heteroatoms. The maximum atomic E-state index is 13.8. The summed E-state index contributed by atoms with van der Waals surface area (Å²) >= 11 is 6.21. The van der Waals surface area contributed by atoms with Crippen LogP contribution in [0.1, 0.15) is 43.4 Å². The molecule has 4 aromatic rings. The Morgan fingerprint density at radius 1 is 1.10 bits per heavy atom. The average Bonchev–Trinajstić information content (AvgIpc) is 3.53. The van der Waals surface area contributed by atoms with E-state index in [1.807, 2.05) is 0 Å². The number of ether oxygens (including phenoxy) is 1. The fourth-order valence-electron chi connectivity index (χ4n) is 4.78. The first-order valence-electron chi connectivity index (χ1n) is 12.6. The summed E-state index contributed by atoms with van der Waals surface area (Å²) < 4.78 is 6.39. The number of aromatic nitrogens is 4. The van der Waals surface area contributed by atoms with E-state index in [1.165, 1.54) is 53.4 Å². The van der Waals surface area contributed by atoms with Crippen molar-refractivity contribution in [2.75, 3.05) is 19.0 Å². The summed E-state index contributed by atoms with van der Waals surface area (Å²) in [5.74, 6) is -2.84. The predicted octanol–water partition coefficient (Wildman–Crippen LogP) is 3.58. The number of halogens is 1. The number of methoxy groups -OCH3 is 1. The predicted molar refractivity (Wildman–Crippen MR) is 151 cm³/mol. The van der Waals surface area contributed by atoms with Crippen LogP contribution < -0.4 is 5.32 Å². The minimum atomic E-state index is -1.20. The first kappa shape index (κ1) is 28.2. The van der Waals surface area contributed by atoms with Crippen LogP contribution in [0.2, 0.25) is 5.02 Å². The molecule has 2 amide bonds. The number of carboxylic acid groups (broad SMARTS) is 1. The van der Waals surface area contributed by atoms with E-state index in [9.17, 15) is 24.3 Å². The third-order valence-corrected chi connectivity index (χ3v) is 6.97. The standard InChI is InChI=1S/C29H23ClN6O6/c1-42-29(41)22-4-2-3-17-13-14-35(26(25(17)22)27(38)32-21-9-5-18(6-10-21)28(39)40)24(37)12-7-19-15-20(30)8-11-23(19)36-16-31-33-34-36/h2-12,15-16,26H,13-14H2,1H3,(H,32,38)(H,39,40)/b12-7+. The monoisotopic (exact) mass is 586 g/mol. The molecule has 0 spiro atoms. The van der Waals surface area contributed by atoms with Gasteiger partial charge in [-0.25, -0.2) is 9.59 Å². The lowest BCUT2D eigenvalue weighted by molar-refractivity contribution is -0.135. The van der Waals surface area contributed by atoms with Crippen LogP contribution in [0.5, 0.6) is 0 Å². The molecule has 2 heterocycles. The molecule has 42 heavy (non-hydrogen) atoms. The summed E-state index contributed by atoms with van der Waals surface area (Å²) in [5.41, 5.74) is 2.74. The lowest BCUT2D eigenvalue weighted by Crippen LogP contribution is -2.45. The van der Waals surface area contributed by atoms with Crippen molar-refractivity contribution in [3.63, 3.8) is 0 Å². The molecule has 3 aromatic carbocycles. The van der Waals surface area contributed by atoms with Gasteiger partial charge in [0.2, 0.25) is 5.91 Å². The number of tetrazole rings is 1. The van der Waals surface area contributed by atoms with E-state index in [1.54, 1.807) is 42.5 Å². The van der Waals surface area contributed by atoms with Gasteiger partial charge in [0.05, 0.1) is 23.9 Å².